The molecule has 0 spiro atoms. The zero-order valence-electron chi connectivity index (χ0n) is 10.9. The van der Waals surface area contributed by atoms with Crippen molar-refractivity contribution < 1.29 is 22.4 Å². The third kappa shape index (κ3) is 8.05. The molecule has 0 atom stereocenters. The monoisotopic (exact) mass is 276 g/mol. The van der Waals surface area contributed by atoms with Crippen molar-refractivity contribution in [2.45, 2.75) is 13.3 Å². The van der Waals surface area contributed by atoms with Crippen molar-refractivity contribution in [1.29, 1.82) is 0 Å². The molecule has 6 heteroatoms. The minimum Gasteiger partial charge on any atom is -0.496 e. The van der Waals surface area contributed by atoms with Gasteiger partial charge >= 0.3 is 0 Å². The summed E-state index contributed by atoms with van der Waals surface area (Å²) in [5.74, 6) is 0.745. The fourth-order valence-electron chi connectivity index (χ4n) is 1.21. The SMILES string of the molecule is CCO.COc1ccccc1CCOS(C)(=O)=O. The topological polar surface area (TPSA) is 72.8 Å². The number of ether oxygens (including phenoxy) is 1. The van der Waals surface area contributed by atoms with Gasteiger partial charge in [-0.1, -0.05) is 18.2 Å². The molecule has 18 heavy (non-hydrogen) atoms. The third-order valence-corrected chi connectivity index (χ3v) is 2.46. The van der Waals surface area contributed by atoms with E-state index in [0.29, 0.717) is 6.42 Å². The van der Waals surface area contributed by atoms with E-state index < -0.39 is 10.1 Å². The first-order valence-corrected chi connectivity index (χ1v) is 7.33. The summed E-state index contributed by atoms with van der Waals surface area (Å²) in [6.07, 6.45) is 1.55. The van der Waals surface area contributed by atoms with Crippen LogP contribution in [0.25, 0.3) is 0 Å². The molecule has 0 heterocycles. The van der Waals surface area contributed by atoms with Crippen molar-refractivity contribution in [3.63, 3.8) is 0 Å². The minimum atomic E-state index is -3.35. The van der Waals surface area contributed by atoms with Crippen LogP contribution in [0.4, 0.5) is 0 Å². The van der Waals surface area contributed by atoms with E-state index in [1.165, 1.54) is 0 Å². The predicted molar refractivity (Wildman–Crippen MR) is 70.3 cm³/mol. The maximum absolute atomic E-state index is 10.7. The lowest BCUT2D eigenvalue weighted by Crippen LogP contribution is -2.06. The van der Waals surface area contributed by atoms with E-state index in [2.05, 4.69) is 4.18 Å². The Morgan fingerprint density at radius 1 is 1.28 bits per heavy atom. The first-order valence-electron chi connectivity index (χ1n) is 5.51. The van der Waals surface area contributed by atoms with Crippen LogP contribution in [0.3, 0.4) is 0 Å². The molecular weight excluding hydrogens is 256 g/mol. The van der Waals surface area contributed by atoms with Crippen molar-refractivity contribution in [2.75, 3.05) is 26.6 Å². The van der Waals surface area contributed by atoms with Crippen LogP contribution >= 0.6 is 0 Å². The number of para-hydroxylation sites is 1. The quantitative estimate of drug-likeness (QED) is 0.818. The average molecular weight is 276 g/mol. The van der Waals surface area contributed by atoms with Crippen LogP contribution in [-0.4, -0.2) is 40.1 Å². The fourth-order valence-corrected chi connectivity index (χ4v) is 1.60. The van der Waals surface area contributed by atoms with Crippen LogP contribution in [0.2, 0.25) is 0 Å². The number of hydrogen-bond acceptors (Lipinski definition) is 5. The molecule has 1 aromatic carbocycles. The van der Waals surface area contributed by atoms with Gasteiger partial charge in [-0.2, -0.15) is 8.42 Å². The van der Waals surface area contributed by atoms with Crippen LogP contribution in [0.5, 0.6) is 5.75 Å². The molecule has 0 unspecified atom stereocenters. The zero-order valence-corrected chi connectivity index (χ0v) is 11.7. The van der Waals surface area contributed by atoms with Gasteiger partial charge in [-0.3, -0.25) is 4.18 Å². The molecule has 0 saturated carbocycles. The molecule has 0 saturated heterocycles. The predicted octanol–water partition coefficient (Wildman–Crippen LogP) is 1.21. The highest BCUT2D eigenvalue weighted by Crippen LogP contribution is 2.17. The summed E-state index contributed by atoms with van der Waals surface area (Å²) in [4.78, 5) is 0. The first kappa shape index (κ1) is 16.9. The van der Waals surface area contributed by atoms with Crippen molar-refractivity contribution in [2.24, 2.45) is 0 Å². The van der Waals surface area contributed by atoms with Gasteiger partial charge < -0.3 is 9.84 Å². The summed E-state index contributed by atoms with van der Waals surface area (Å²) in [6.45, 7) is 2.07. The highest BCUT2D eigenvalue weighted by molar-refractivity contribution is 7.85. The Morgan fingerprint density at radius 3 is 2.33 bits per heavy atom. The molecule has 5 nitrogen and oxygen atoms in total. The zero-order chi connectivity index (χ0) is 14.0. The van der Waals surface area contributed by atoms with Gasteiger partial charge in [0.2, 0.25) is 0 Å². The number of hydrogen-bond donors (Lipinski definition) is 1. The van der Waals surface area contributed by atoms with Gasteiger partial charge in [0.05, 0.1) is 20.0 Å². The highest BCUT2D eigenvalue weighted by Gasteiger charge is 2.04. The van der Waals surface area contributed by atoms with Crippen LogP contribution < -0.4 is 4.74 Å². The van der Waals surface area contributed by atoms with E-state index in [4.69, 9.17) is 9.84 Å². The molecule has 1 N–H and O–H groups in total. The van der Waals surface area contributed by atoms with Gasteiger partial charge in [-0.05, 0) is 18.6 Å². The van der Waals surface area contributed by atoms with Gasteiger partial charge in [0.15, 0.2) is 0 Å². The highest BCUT2D eigenvalue weighted by atomic mass is 32.2. The van der Waals surface area contributed by atoms with Crippen LogP contribution in [0.1, 0.15) is 12.5 Å². The lowest BCUT2D eigenvalue weighted by atomic mass is 10.1. The largest absolute Gasteiger partial charge is 0.496 e. The second-order valence-corrected chi connectivity index (χ2v) is 5.05. The van der Waals surface area contributed by atoms with E-state index in [1.54, 1.807) is 14.0 Å². The molecule has 0 aromatic heterocycles. The summed E-state index contributed by atoms with van der Waals surface area (Å²) in [5, 5.41) is 7.57. The molecular formula is C12H20O5S. The van der Waals surface area contributed by atoms with Gasteiger partial charge in [0.25, 0.3) is 10.1 Å². The van der Waals surface area contributed by atoms with E-state index in [9.17, 15) is 8.42 Å². The van der Waals surface area contributed by atoms with Crippen molar-refractivity contribution >= 4 is 10.1 Å². The number of rotatable bonds is 5. The molecule has 0 aliphatic heterocycles. The summed E-state index contributed by atoms with van der Waals surface area (Å²) in [7, 11) is -1.78. The summed E-state index contributed by atoms with van der Waals surface area (Å²) in [6, 6.07) is 7.44. The van der Waals surface area contributed by atoms with Crippen molar-refractivity contribution in [1.82, 2.24) is 0 Å². The van der Waals surface area contributed by atoms with Crippen LogP contribution in [0, 0.1) is 0 Å². The standard InChI is InChI=1S/C10H14O4S.C2H6O/c1-13-10-6-4-3-5-9(10)7-8-14-15(2,11)12;1-2-3/h3-6H,7-8H2,1-2H3;3H,2H2,1H3. The normalized spacial score (nSPS) is 10.4. The minimum absolute atomic E-state index is 0.138. The van der Waals surface area contributed by atoms with Gasteiger partial charge in [0, 0.05) is 13.0 Å². The molecule has 0 amide bonds. The molecule has 0 fully saturated rings. The van der Waals surface area contributed by atoms with E-state index in [-0.39, 0.29) is 13.2 Å². The first-order chi connectivity index (χ1) is 8.44. The summed E-state index contributed by atoms with van der Waals surface area (Å²) >= 11 is 0. The molecule has 0 bridgehead atoms. The molecule has 0 aliphatic carbocycles. The summed E-state index contributed by atoms with van der Waals surface area (Å²) in [5.41, 5.74) is 0.934. The van der Waals surface area contributed by atoms with Gasteiger partial charge in [0.1, 0.15) is 5.75 Å². The Labute approximate surface area is 108 Å². The van der Waals surface area contributed by atoms with E-state index in [0.717, 1.165) is 17.6 Å². The number of aliphatic hydroxyl groups excluding tert-OH is 1. The van der Waals surface area contributed by atoms with Gasteiger partial charge in [-0.15, -0.1) is 0 Å². The second kappa shape index (κ2) is 8.91. The molecule has 1 aromatic rings. The number of benzene rings is 1. The second-order valence-electron chi connectivity index (χ2n) is 3.40. The Bertz CT molecular complexity index is 428. The molecule has 0 aliphatic rings. The lowest BCUT2D eigenvalue weighted by molar-refractivity contribution is 0.318. The molecule has 104 valence electrons. The Kier molecular flexibility index (Phi) is 8.36. The third-order valence-electron chi connectivity index (χ3n) is 1.86. The number of aliphatic hydroxyl groups is 1. The van der Waals surface area contributed by atoms with Crippen LogP contribution in [0.15, 0.2) is 24.3 Å². The van der Waals surface area contributed by atoms with Crippen molar-refractivity contribution in [3.8, 4) is 5.75 Å². The Balaban J connectivity index is 0.000000873. The Morgan fingerprint density at radius 2 is 1.83 bits per heavy atom. The summed E-state index contributed by atoms with van der Waals surface area (Å²) < 4.78 is 31.2. The fraction of sp³-hybridized carbons (Fsp3) is 0.500. The Hall–Kier alpha value is -1.11. The maximum Gasteiger partial charge on any atom is 0.264 e. The van der Waals surface area contributed by atoms with Gasteiger partial charge in [-0.25, -0.2) is 0 Å². The van der Waals surface area contributed by atoms with E-state index >= 15 is 0 Å². The van der Waals surface area contributed by atoms with Crippen molar-refractivity contribution in [3.05, 3.63) is 29.8 Å². The molecule has 1 rings (SSSR count). The number of methoxy groups -OCH3 is 1. The average Bonchev–Trinajstić information content (AvgIpc) is 2.29. The molecule has 0 radical (unpaired) electrons. The lowest BCUT2D eigenvalue weighted by Gasteiger charge is -2.07. The smallest absolute Gasteiger partial charge is 0.264 e. The van der Waals surface area contributed by atoms with E-state index in [1.807, 2.05) is 24.3 Å². The van der Waals surface area contributed by atoms with Crippen LogP contribution in [-0.2, 0) is 20.7 Å². The maximum atomic E-state index is 10.7.